The molecule has 1 aromatic heterocycles. The van der Waals surface area contributed by atoms with Crippen LogP contribution in [-0.4, -0.2) is 24.7 Å². The van der Waals surface area contributed by atoms with Crippen LogP contribution in [0.25, 0.3) is 0 Å². The van der Waals surface area contributed by atoms with E-state index in [0.29, 0.717) is 22.7 Å². The number of hydrogen-bond donors (Lipinski definition) is 1. The number of aromatic nitrogens is 1. The van der Waals surface area contributed by atoms with Gasteiger partial charge in [-0.25, -0.2) is 0 Å². The Hall–Kier alpha value is -2.43. The molecule has 0 aliphatic carbocycles. The van der Waals surface area contributed by atoms with E-state index in [1.165, 1.54) is 0 Å². The van der Waals surface area contributed by atoms with Crippen LogP contribution in [0.1, 0.15) is 31.1 Å². The predicted octanol–water partition coefficient (Wildman–Crippen LogP) is 3.51. The zero-order valence-electron chi connectivity index (χ0n) is 13.6. The van der Waals surface area contributed by atoms with E-state index in [0.717, 1.165) is 0 Å². The van der Waals surface area contributed by atoms with Crippen LogP contribution in [0.4, 0.5) is 5.69 Å². The molecule has 0 bridgehead atoms. The topological polar surface area (TPSA) is 52.5 Å². The van der Waals surface area contributed by atoms with Crippen LogP contribution in [0.3, 0.4) is 0 Å². The van der Waals surface area contributed by atoms with Crippen molar-refractivity contribution < 1.29 is 14.3 Å². The quantitative estimate of drug-likeness (QED) is 0.940. The number of benzene rings is 1. The standard InChI is InChI=1S/C17H22N2O3/c1-17(2,3)19-9-8-12(11-19)16(20)18-14-10-13(21-4)6-7-15(14)22-5/h6-11H,1-5H3,(H,18,20). The fraction of sp³-hybridized carbons (Fsp3) is 0.353. The highest BCUT2D eigenvalue weighted by Crippen LogP contribution is 2.29. The Morgan fingerprint density at radius 1 is 1.14 bits per heavy atom. The lowest BCUT2D eigenvalue weighted by molar-refractivity contribution is 0.102. The molecule has 0 aliphatic heterocycles. The number of rotatable bonds is 4. The van der Waals surface area contributed by atoms with E-state index >= 15 is 0 Å². The number of amides is 1. The highest BCUT2D eigenvalue weighted by Gasteiger charge is 2.16. The van der Waals surface area contributed by atoms with Crippen LogP contribution in [0.5, 0.6) is 11.5 Å². The maximum absolute atomic E-state index is 12.4. The van der Waals surface area contributed by atoms with Crippen LogP contribution in [0, 0.1) is 0 Å². The molecule has 0 saturated heterocycles. The van der Waals surface area contributed by atoms with Gasteiger partial charge in [0.15, 0.2) is 0 Å². The number of hydrogen-bond acceptors (Lipinski definition) is 3. The second-order valence-electron chi connectivity index (χ2n) is 6.00. The van der Waals surface area contributed by atoms with Crippen molar-refractivity contribution in [3.05, 3.63) is 42.2 Å². The highest BCUT2D eigenvalue weighted by molar-refractivity contribution is 6.05. The maximum Gasteiger partial charge on any atom is 0.257 e. The molecule has 0 unspecified atom stereocenters. The highest BCUT2D eigenvalue weighted by atomic mass is 16.5. The minimum Gasteiger partial charge on any atom is -0.497 e. The second-order valence-corrected chi connectivity index (χ2v) is 6.00. The number of carbonyl (C=O) groups is 1. The van der Waals surface area contributed by atoms with E-state index in [2.05, 4.69) is 26.1 Å². The summed E-state index contributed by atoms with van der Waals surface area (Å²) in [7, 11) is 3.14. The van der Waals surface area contributed by atoms with Crippen molar-refractivity contribution in [2.45, 2.75) is 26.3 Å². The zero-order chi connectivity index (χ0) is 16.3. The van der Waals surface area contributed by atoms with Gasteiger partial charge in [0.05, 0.1) is 25.5 Å². The van der Waals surface area contributed by atoms with E-state index in [4.69, 9.17) is 9.47 Å². The first-order chi connectivity index (χ1) is 10.3. The van der Waals surface area contributed by atoms with Gasteiger partial charge in [-0.05, 0) is 39.0 Å². The minimum atomic E-state index is -0.186. The lowest BCUT2D eigenvalue weighted by atomic mass is 10.1. The Kier molecular flexibility index (Phi) is 4.45. The molecule has 0 saturated carbocycles. The van der Waals surface area contributed by atoms with Crippen molar-refractivity contribution in [2.75, 3.05) is 19.5 Å². The Labute approximate surface area is 130 Å². The zero-order valence-corrected chi connectivity index (χ0v) is 13.6. The first-order valence-corrected chi connectivity index (χ1v) is 7.07. The van der Waals surface area contributed by atoms with Crippen molar-refractivity contribution in [1.82, 2.24) is 4.57 Å². The average molecular weight is 302 g/mol. The fourth-order valence-corrected chi connectivity index (χ4v) is 2.05. The van der Waals surface area contributed by atoms with Crippen LogP contribution in [-0.2, 0) is 5.54 Å². The van der Waals surface area contributed by atoms with Crippen molar-refractivity contribution >= 4 is 11.6 Å². The fourth-order valence-electron chi connectivity index (χ4n) is 2.05. The second kappa shape index (κ2) is 6.13. The van der Waals surface area contributed by atoms with Crippen molar-refractivity contribution in [1.29, 1.82) is 0 Å². The molecule has 0 atom stereocenters. The van der Waals surface area contributed by atoms with E-state index in [1.807, 2.05) is 17.0 Å². The summed E-state index contributed by atoms with van der Waals surface area (Å²) in [5.41, 5.74) is 1.11. The SMILES string of the molecule is COc1ccc(OC)c(NC(=O)c2ccn(C(C)(C)C)c2)c1. The van der Waals surface area contributed by atoms with E-state index in [9.17, 15) is 4.79 Å². The smallest absolute Gasteiger partial charge is 0.257 e. The van der Waals surface area contributed by atoms with Crippen LogP contribution in [0.2, 0.25) is 0 Å². The van der Waals surface area contributed by atoms with Gasteiger partial charge in [-0.2, -0.15) is 0 Å². The van der Waals surface area contributed by atoms with Gasteiger partial charge in [0.25, 0.3) is 5.91 Å². The van der Waals surface area contributed by atoms with Crippen LogP contribution < -0.4 is 14.8 Å². The van der Waals surface area contributed by atoms with Crippen molar-refractivity contribution in [3.8, 4) is 11.5 Å². The van der Waals surface area contributed by atoms with Gasteiger partial charge in [-0.1, -0.05) is 0 Å². The predicted molar refractivity (Wildman–Crippen MR) is 86.9 cm³/mol. The molecule has 0 spiro atoms. The van der Waals surface area contributed by atoms with Crippen molar-refractivity contribution in [2.24, 2.45) is 0 Å². The van der Waals surface area contributed by atoms with Gasteiger partial charge in [0.2, 0.25) is 0 Å². The van der Waals surface area contributed by atoms with Crippen LogP contribution >= 0.6 is 0 Å². The van der Waals surface area contributed by atoms with Gasteiger partial charge < -0.3 is 19.4 Å². The monoisotopic (exact) mass is 302 g/mol. The molecule has 0 aliphatic rings. The first kappa shape index (κ1) is 15.9. The Bertz CT molecular complexity index is 669. The molecule has 2 aromatic rings. The van der Waals surface area contributed by atoms with E-state index < -0.39 is 0 Å². The van der Waals surface area contributed by atoms with Gasteiger partial charge in [0, 0.05) is 24.0 Å². The first-order valence-electron chi connectivity index (χ1n) is 7.07. The average Bonchev–Trinajstić information content (AvgIpc) is 2.97. The number of methoxy groups -OCH3 is 2. The molecule has 118 valence electrons. The number of ether oxygens (including phenoxy) is 2. The maximum atomic E-state index is 12.4. The normalized spacial score (nSPS) is 11.1. The molecule has 5 heteroatoms. The van der Waals surface area contributed by atoms with E-state index in [-0.39, 0.29) is 11.4 Å². The molecule has 5 nitrogen and oxygen atoms in total. The third-order valence-corrected chi connectivity index (χ3v) is 3.38. The minimum absolute atomic E-state index is 0.0633. The largest absolute Gasteiger partial charge is 0.497 e. The number of nitrogens with zero attached hydrogens (tertiary/aromatic N) is 1. The molecular formula is C17H22N2O3. The summed E-state index contributed by atoms with van der Waals surface area (Å²) >= 11 is 0. The van der Waals surface area contributed by atoms with Gasteiger partial charge in [0.1, 0.15) is 11.5 Å². The Morgan fingerprint density at radius 3 is 2.41 bits per heavy atom. The van der Waals surface area contributed by atoms with Crippen LogP contribution in [0.15, 0.2) is 36.7 Å². The lowest BCUT2D eigenvalue weighted by Gasteiger charge is -2.20. The van der Waals surface area contributed by atoms with Gasteiger partial charge in [-0.3, -0.25) is 4.79 Å². The van der Waals surface area contributed by atoms with Gasteiger partial charge in [-0.15, -0.1) is 0 Å². The molecule has 2 rings (SSSR count). The summed E-state index contributed by atoms with van der Waals surface area (Å²) in [5, 5.41) is 2.86. The van der Waals surface area contributed by atoms with Gasteiger partial charge >= 0.3 is 0 Å². The summed E-state index contributed by atoms with van der Waals surface area (Å²) in [5.74, 6) is 1.06. The summed E-state index contributed by atoms with van der Waals surface area (Å²) in [6.45, 7) is 6.25. The molecular weight excluding hydrogens is 280 g/mol. The molecule has 22 heavy (non-hydrogen) atoms. The summed E-state index contributed by atoms with van der Waals surface area (Å²) in [4.78, 5) is 12.4. The lowest BCUT2D eigenvalue weighted by Crippen LogP contribution is -2.20. The Balaban J connectivity index is 2.23. The molecule has 0 fully saturated rings. The third kappa shape index (κ3) is 3.42. The molecule has 1 amide bonds. The summed E-state index contributed by atoms with van der Waals surface area (Å²) < 4.78 is 12.4. The number of nitrogens with one attached hydrogen (secondary N) is 1. The summed E-state index contributed by atoms with van der Waals surface area (Å²) in [6.07, 6.45) is 3.74. The van der Waals surface area contributed by atoms with Crippen molar-refractivity contribution in [3.63, 3.8) is 0 Å². The summed E-state index contributed by atoms with van der Waals surface area (Å²) in [6, 6.07) is 7.07. The molecule has 0 radical (unpaired) electrons. The third-order valence-electron chi connectivity index (χ3n) is 3.38. The van der Waals surface area contributed by atoms with E-state index in [1.54, 1.807) is 38.5 Å². The molecule has 1 heterocycles. The molecule has 1 aromatic carbocycles. The number of carbonyl (C=O) groups excluding carboxylic acids is 1. The Morgan fingerprint density at radius 2 is 1.86 bits per heavy atom. The number of anilines is 1. The molecule has 1 N–H and O–H groups in total.